The third kappa shape index (κ3) is 3.69. The molecule has 124 valence electrons. The van der Waals surface area contributed by atoms with E-state index in [1.807, 2.05) is 0 Å². The molecule has 0 bridgehead atoms. The van der Waals surface area contributed by atoms with Gasteiger partial charge in [0.2, 0.25) is 5.91 Å². The van der Waals surface area contributed by atoms with Crippen LogP contribution in [-0.2, 0) is 4.79 Å². The number of aliphatic hydroxyl groups is 1. The molecule has 1 fully saturated rings. The van der Waals surface area contributed by atoms with Crippen molar-refractivity contribution in [1.29, 1.82) is 0 Å². The van der Waals surface area contributed by atoms with E-state index >= 15 is 0 Å². The molecule has 0 spiro atoms. The maximum absolute atomic E-state index is 12.4. The number of amides is 2. The number of carbonyl (C=O) groups excluding carboxylic acids is 2. The van der Waals surface area contributed by atoms with Gasteiger partial charge in [-0.05, 0) is 24.3 Å². The molecule has 0 radical (unpaired) electrons. The average molecular weight is 327 g/mol. The second-order valence-electron chi connectivity index (χ2n) is 5.47. The predicted octanol–water partition coefficient (Wildman–Crippen LogP) is 1.65. The fourth-order valence-corrected chi connectivity index (χ4v) is 2.57. The first-order valence-corrected chi connectivity index (χ1v) is 7.56. The Morgan fingerprint density at radius 2 is 2.00 bits per heavy atom. The number of pyridine rings is 1. The number of hydrogen-bond donors (Lipinski definition) is 2. The first kappa shape index (κ1) is 15.9. The lowest BCUT2D eigenvalue weighted by molar-refractivity contribution is -0.119. The molecular weight excluding hydrogens is 310 g/mol. The summed E-state index contributed by atoms with van der Waals surface area (Å²) in [7, 11) is 0. The molecule has 0 saturated carbocycles. The number of para-hydroxylation sites is 1. The highest BCUT2D eigenvalue weighted by molar-refractivity contribution is 5.97. The summed E-state index contributed by atoms with van der Waals surface area (Å²) in [6, 6.07) is 11.2. The van der Waals surface area contributed by atoms with Gasteiger partial charge < -0.3 is 15.2 Å². The first-order valence-electron chi connectivity index (χ1n) is 7.56. The van der Waals surface area contributed by atoms with Crippen molar-refractivity contribution in [3.8, 4) is 5.75 Å². The van der Waals surface area contributed by atoms with Crippen LogP contribution in [0.2, 0.25) is 0 Å². The van der Waals surface area contributed by atoms with Crippen LogP contribution in [0.4, 0.5) is 10.5 Å². The van der Waals surface area contributed by atoms with Crippen LogP contribution in [0.25, 0.3) is 0 Å². The summed E-state index contributed by atoms with van der Waals surface area (Å²) >= 11 is 0. The zero-order valence-corrected chi connectivity index (χ0v) is 12.8. The second kappa shape index (κ2) is 7.10. The minimum Gasteiger partial charge on any atom is -0.410 e. The van der Waals surface area contributed by atoms with Gasteiger partial charge in [0, 0.05) is 12.6 Å². The fourth-order valence-electron chi connectivity index (χ4n) is 2.57. The van der Waals surface area contributed by atoms with E-state index in [1.165, 1.54) is 11.1 Å². The van der Waals surface area contributed by atoms with Gasteiger partial charge in [-0.15, -0.1) is 0 Å². The number of benzene rings is 1. The standard InChI is InChI=1S/C17H17N3O4/c21-13-9-15(16(22)19-12-5-4-8-18-10-12)20(11-13)17(23)24-14-6-2-1-3-7-14/h1-8,10,13,15,21H,9,11H2,(H,19,22)/t13-,15+/m0/s1. The SMILES string of the molecule is O=C(Nc1cccnc1)[C@H]1C[C@H](O)CN1C(=O)Oc1ccccc1. The Morgan fingerprint density at radius 3 is 2.71 bits per heavy atom. The molecule has 2 amide bonds. The fraction of sp³-hybridized carbons (Fsp3) is 0.235. The van der Waals surface area contributed by atoms with Gasteiger partial charge in [0.1, 0.15) is 11.8 Å². The highest BCUT2D eigenvalue weighted by atomic mass is 16.6. The summed E-state index contributed by atoms with van der Waals surface area (Å²) in [6.07, 6.45) is 1.84. The smallest absolute Gasteiger partial charge is 0.410 e. The topological polar surface area (TPSA) is 91.8 Å². The number of nitrogens with one attached hydrogen (secondary N) is 1. The van der Waals surface area contributed by atoms with E-state index in [0.717, 1.165) is 0 Å². The molecule has 0 unspecified atom stereocenters. The van der Waals surface area contributed by atoms with Crippen molar-refractivity contribution >= 4 is 17.7 Å². The third-order valence-corrected chi connectivity index (χ3v) is 3.69. The molecule has 3 rings (SSSR count). The molecule has 7 heteroatoms. The van der Waals surface area contributed by atoms with Crippen molar-refractivity contribution in [2.45, 2.75) is 18.6 Å². The Morgan fingerprint density at radius 1 is 1.21 bits per heavy atom. The number of β-amino-alcohol motifs (C(OH)–C–C–N with tert-alkyl or cyclic N) is 1. The molecule has 1 aliphatic heterocycles. The van der Waals surface area contributed by atoms with Crippen LogP contribution in [0.15, 0.2) is 54.9 Å². The van der Waals surface area contributed by atoms with E-state index in [1.54, 1.807) is 48.7 Å². The zero-order chi connectivity index (χ0) is 16.9. The van der Waals surface area contributed by atoms with E-state index < -0.39 is 18.2 Å². The molecule has 1 aromatic heterocycles. The number of rotatable bonds is 3. The van der Waals surface area contributed by atoms with Crippen LogP contribution in [-0.4, -0.2) is 45.7 Å². The molecule has 0 aliphatic carbocycles. The predicted molar refractivity (Wildman–Crippen MR) is 86.5 cm³/mol. The molecule has 2 heterocycles. The summed E-state index contributed by atoms with van der Waals surface area (Å²) in [5, 5.41) is 12.5. The van der Waals surface area contributed by atoms with E-state index in [-0.39, 0.29) is 18.9 Å². The molecule has 2 atom stereocenters. The Kier molecular flexibility index (Phi) is 4.72. The van der Waals surface area contributed by atoms with Crippen LogP contribution in [0.1, 0.15) is 6.42 Å². The number of carbonyl (C=O) groups is 2. The molecule has 1 saturated heterocycles. The number of aromatic nitrogens is 1. The van der Waals surface area contributed by atoms with Gasteiger partial charge in [-0.2, -0.15) is 0 Å². The van der Waals surface area contributed by atoms with Crippen LogP contribution in [0.5, 0.6) is 5.75 Å². The molecule has 2 N–H and O–H groups in total. The Labute approximate surface area is 138 Å². The minimum atomic E-state index is -0.795. The van der Waals surface area contributed by atoms with E-state index in [0.29, 0.717) is 11.4 Å². The average Bonchev–Trinajstić information content (AvgIpc) is 2.99. The van der Waals surface area contributed by atoms with Gasteiger partial charge in [-0.3, -0.25) is 14.7 Å². The Bertz CT molecular complexity index is 647. The van der Waals surface area contributed by atoms with Gasteiger partial charge in [-0.25, -0.2) is 4.79 Å². The largest absolute Gasteiger partial charge is 0.416 e. The van der Waals surface area contributed by atoms with Crippen molar-refractivity contribution in [3.05, 3.63) is 54.9 Å². The van der Waals surface area contributed by atoms with E-state index in [9.17, 15) is 14.7 Å². The highest BCUT2D eigenvalue weighted by Crippen LogP contribution is 2.22. The van der Waals surface area contributed by atoms with E-state index in [2.05, 4.69) is 10.3 Å². The number of aliphatic hydroxyl groups excluding tert-OH is 1. The molecule has 24 heavy (non-hydrogen) atoms. The molecule has 7 nitrogen and oxygen atoms in total. The van der Waals surface area contributed by atoms with Crippen molar-refractivity contribution in [2.75, 3.05) is 11.9 Å². The van der Waals surface area contributed by atoms with Crippen molar-refractivity contribution < 1.29 is 19.4 Å². The normalized spacial score (nSPS) is 19.8. The van der Waals surface area contributed by atoms with E-state index in [4.69, 9.17) is 4.74 Å². The summed E-state index contributed by atoms with van der Waals surface area (Å²) in [4.78, 5) is 29.9. The summed E-state index contributed by atoms with van der Waals surface area (Å²) in [6.45, 7) is 0.0524. The van der Waals surface area contributed by atoms with Gasteiger partial charge in [0.05, 0.1) is 24.5 Å². The van der Waals surface area contributed by atoms with Crippen LogP contribution in [0.3, 0.4) is 0 Å². The van der Waals surface area contributed by atoms with Crippen LogP contribution >= 0.6 is 0 Å². The number of anilines is 1. The summed E-state index contributed by atoms with van der Waals surface area (Å²) < 4.78 is 5.26. The number of hydrogen-bond acceptors (Lipinski definition) is 5. The van der Waals surface area contributed by atoms with Crippen LogP contribution in [0, 0.1) is 0 Å². The molecule has 1 aliphatic rings. The summed E-state index contributed by atoms with van der Waals surface area (Å²) in [5.74, 6) is -0.000121. The molecular formula is C17H17N3O4. The third-order valence-electron chi connectivity index (χ3n) is 3.69. The van der Waals surface area contributed by atoms with Crippen LogP contribution < -0.4 is 10.1 Å². The van der Waals surface area contributed by atoms with Crippen molar-refractivity contribution in [2.24, 2.45) is 0 Å². The maximum Gasteiger partial charge on any atom is 0.416 e. The first-order chi connectivity index (χ1) is 11.6. The number of ether oxygens (including phenoxy) is 1. The molecule has 1 aromatic carbocycles. The number of likely N-dealkylation sites (tertiary alicyclic amines) is 1. The quantitative estimate of drug-likeness (QED) is 0.894. The maximum atomic E-state index is 12.4. The van der Waals surface area contributed by atoms with Gasteiger partial charge in [-0.1, -0.05) is 18.2 Å². The lowest BCUT2D eigenvalue weighted by Crippen LogP contribution is -2.44. The van der Waals surface area contributed by atoms with Gasteiger partial charge in [0.15, 0.2) is 0 Å². The lowest BCUT2D eigenvalue weighted by atomic mass is 10.2. The van der Waals surface area contributed by atoms with Crippen molar-refractivity contribution in [3.63, 3.8) is 0 Å². The summed E-state index contributed by atoms with van der Waals surface area (Å²) in [5.41, 5.74) is 0.528. The highest BCUT2D eigenvalue weighted by Gasteiger charge is 2.40. The van der Waals surface area contributed by atoms with Gasteiger partial charge >= 0.3 is 6.09 Å². The monoisotopic (exact) mass is 327 g/mol. The number of nitrogens with zero attached hydrogens (tertiary/aromatic N) is 2. The second-order valence-corrected chi connectivity index (χ2v) is 5.47. The van der Waals surface area contributed by atoms with Crippen molar-refractivity contribution in [1.82, 2.24) is 9.88 Å². The minimum absolute atomic E-state index is 0.0524. The van der Waals surface area contributed by atoms with Gasteiger partial charge in [0.25, 0.3) is 0 Å². The lowest BCUT2D eigenvalue weighted by Gasteiger charge is -2.22. The molecule has 2 aromatic rings. The zero-order valence-electron chi connectivity index (χ0n) is 12.8. The Balaban J connectivity index is 1.69. The Hall–Kier alpha value is -2.93.